The van der Waals surface area contributed by atoms with Crippen molar-refractivity contribution >= 4 is 21.6 Å². The van der Waals surface area contributed by atoms with Crippen LogP contribution in [0.2, 0.25) is 0 Å². The number of benzene rings is 1. The highest BCUT2D eigenvalue weighted by Crippen LogP contribution is 2.29. The number of anilines is 1. The van der Waals surface area contributed by atoms with Crippen LogP contribution in [0.15, 0.2) is 17.0 Å². The molecule has 1 aromatic rings. The normalized spacial score (nSPS) is 23.4. The Bertz CT molecular complexity index is 669. The number of halogens is 1. The first-order valence-corrected chi connectivity index (χ1v) is 7.63. The van der Waals surface area contributed by atoms with Crippen LogP contribution in [0.4, 0.5) is 10.1 Å². The first-order chi connectivity index (χ1) is 9.64. The van der Waals surface area contributed by atoms with Crippen LogP contribution in [-0.4, -0.2) is 42.4 Å². The molecule has 0 aromatic heterocycles. The number of aryl methyl sites for hydroxylation is 1. The number of aliphatic hydroxyl groups excluding tert-OH is 1. The van der Waals surface area contributed by atoms with Gasteiger partial charge >= 0.3 is 0 Å². The fourth-order valence-corrected chi connectivity index (χ4v) is 4.12. The molecule has 1 saturated heterocycles. The summed E-state index contributed by atoms with van der Waals surface area (Å²) < 4.78 is 39.4. The number of β-amino-alcohol motifs (C(OH)–C–C–N with tert-alkyl or cyclic N) is 1. The average molecular weight is 317 g/mol. The molecule has 1 fully saturated rings. The van der Waals surface area contributed by atoms with E-state index in [1.807, 2.05) is 0 Å². The fraction of sp³-hybridized carbons (Fsp3) is 0.417. The van der Waals surface area contributed by atoms with Gasteiger partial charge in [0.25, 0.3) is 0 Å². The number of sulfonamides is 1. The molecule has 1 aliphatic rings. The van der Waals surface area contributed by atoms with Crippen molar-refractivity contribution in [3.63, 3.8) is 0 Å². The number of primary amides is 1. The van der Waals surface area contributed by atoms with Crippen molar-refractivity contribution in [3.05, 3.63) is 23.5 Å². The summed E-state index contributed by atoms with van der Waals surface area (Å²) in [7, 11) is -4.10. The molecule has 116 valence electrons. The molecule has 2 unspecified atom stereocenters. The molecular weight excluding hydrogens is 301 g/mol. The van der Waals surface area contributed by atoms with Crippen LogP contribution >= 0.6 is 0 Å². The summed E-state index contributed by atoms with van der Waals surface area (Å²) >= 11 is 0. The largest absolute Gasteiger partial charge is 0.396 e. The van der Waals surface area contributed by atoms with E-state index >= 15 is 0 Å². The van der Waals surface area contributed by atoms with Gasteiger partial charge in [-0.1, -0.05) is 0 Å². The highest BCUT2D eigenvalue weighted by atomic mass is 32.2. The lowest BCUT2D eigenvalue weighted by Gasteiger charge is -2.21. The predicted molar refractivity (Wildman–Crippen MR) is 73.0 cm³/mol. The van der Waals surface area contributed by atoms with Crippen LogP contribution in [0.5, 0.6) is 0 Å². The summed E-state index contributed by atoms with van der Waals surface area (Å²) in [5, 5.41) is 9.58. The molecule has 0 radical (unpaired) electrons. The highest BCUT2D eigenvalue weighted by molar-refractivity contribution is 7.89. The lowest BCUT2D eigenvalue weighted by Crippen LogP contribution is -2.43. The van der Waals surface area contributed by atoms with Crippen molar-refractivity contribution in [1.29, 1.82) is 0 Å². The quantitative estimate of drug-likeness (QED) is 0.637. The SMILES string of the molecule is Cc1cc(S(=O)(=O)N2CC(O)CC2C(N)=O)cc(N)c1F. The monoisotopic (exact) mass is 317 g/mol. The lowest BCUT2D eigenvalue weighted by atomic mass is 10.2. The second-order valence-electron chi connectivity index (χ2n) is 5.03. The number of hydrogen-bond donors (Lipinski definition) is 3. The number of nitrogen functional groups attached to an aromatic ring is 1. The Hall–Kier alpha value is -1.71. The molecule has 9 heteroatoms. The van der Waals surface area contributed by atoms with E-state index in [0.717, 1.165) is 16.4 Å². The van der Waals surface area contributed by atoms with E-state index in [4.69, 9.17) is 11.5 Å². The summed E-state index contributed by atoms with van der Waals surface area (Å²) in [4.78, 5) is 11.1. The summed E-state index contributed by atoms with van der Waals surface area (Å²) in [6.45, 7) is 1.14. The predicted octanol–water partition coefficient (Wildman–Crippen LogP) is -0.674. The Labute approximate surface area is 121 Å². The van der Waals surface area contributed by atoms with Gasteiger partial charge in [-0.05, 0) is 24.6 Å². The van der Waals surface area contributed by atoms with Crippen LogP contribution in [0.1, 0.15) is 12.0 Å². The van der Waals surface area contributed by atoms with Crippen LogP contribution in [0.25, 0.3) is 0 Å². The number of nitrogens with zero attached hydrogens (tertiary/aromatic N) is 1. The minimum atomic E-state index is -4.10. The zero-order valence-corrected chi connectivity index (χ0v) is 12.1. The van der Waals surface area contributed by atoms with Crippen LogP contribution in [-0.2, 0) is 14.8 Å². The molecule has 0 bridgehead atoms. The van der Waals surface area contributed by atoms with Crippen molar-refractivity contribution < 1.29 is 22.7 Å². The topological polar surface area (TPSA) is 127 Å². The van der Waals surface area contributed by atoms with E-state index in [1.165, 1.54) is 6.92 Å². The number of aliphatic hydroxyl groups is 1. The molecule has 2 atom stereocenters. The lowest BCUT2D eigenvalue weighted by molar-refractivity contribution is -0.121. The standard InChI is InChI=1S/C12H16FN3O4S/c1-6-2-8(4-9(14)11(6)13)21(19,20)16-5-7(17)3-10(16)12(15)18/h2,4,7,10,17H,3,5,14H2,1H3,(H2,15,18). The highest BCUT2D eigenvalue weighted by Gasteiger charge is 2.42. The summed E-state index contributed by atoms with van der Waals surface area (Å²) in [6.07, 6.45) is -1.04. The third kappa shape index (κ3) is 2.71. The number of nitrogens with two attached hydrogens (primary N) is 2. The maximum absolute atomic E-state index is 13.5. The second kappa shape index (κ2) is 5.24. The van der Waals surface area contributed by atoms with Crippen LogP contribution < -0.4 is 11.5 Å². The Kier molecular flexibility index (Phi) is 3.91. The van der Waals surface area contributed by atoms with Gasteiger partial charge in [0.2, 0.25) is 15.9 Å². The molecule has 0 spiro atoms. The van der Waals surface area contributed by atoms with E-state index in [9.17, 15) is 22.7 Å². The summed E-state index contributed by atoms with van der Waals surface area (Å²) in [6, 6.07) is 0.987. The summed E-state index contributed by atoms with van der Waals surface area (Å²) in [5.41, 5.74) is 10.4. The Morgan fingerprint density at radius 1 is 1.48 bits per heavy atom. The molecular formula is C12H16FN3O4S. The van der Waals surface area contributed by atoms with Gasteiger partial charge in [0.1, 0.15) is 11.9 Å². The van der Waals surface area contributed by atoms with E-state index in [0.29, 0.717) is 0 Å². The van der Waals surface area contributed by atoms with Gasteiger partial charge in [-0.25, -0.2) is 12.8 Å². The number of amides is 1. The second-order valence-corrected chi connectivity index (χ2v) is 6.92. The van der Waals surface area contributed by atoms with Gasteiger partial charge in [0.05, 0.1) is 16.7 Å². The van der Waals surface area contributed by atoms with E-state index < -0.39 is 33.9 Å². The molecule has 1 aliphatic heterocycles. The first kappa shape index (κ1) is 15.7. The van der Waals surface area contributed by atoms with Gasteiger partial charge < -0.3 is 16.6 Å². The Morgan fingerprint density at radius 3 is 2.62 bits per heavy atom. The molecule has 1 amide bonds. The van der Waals surface area contributed by atoms with Gasteiger partial charge in [-0.3, -0.25) is 4.79 Å². The zero-order chi connectivity index (χ0) is 15.9. The first-order valence-electron chi connectivity index (χ1n) is 6.19. The number of carbonyl (C=O) groups excluding carboxylic acids is 1. The van der Waals surface area contributed by atoms with Crippen LogP contribution in [0.3, 0.4) is 0 Å². The van der Waals surface area contributed by atoms with Crippen molar-refractivity contribution in [2.45, 2.75) is 30.4 Å². The third-order valence-corrected chi connectivity index (χ3v) is 5.28. The van der Waals surface area contributed by atoms with Crippen molar-refractivity contribution in [2.75, 3.05) is 12.3 Å². The van der Waals surface area contributed by atoms with Crippen molar-refractivity contribution in [3.8, 4) is 0 Å². The van der Waals surface area contributed by atoms with Crippen molar-refractivity contribution in [2.24, 2.45) is 5.73 Å². The third-order valence-electron chi connectivity index (χ3n) is 3.42. The van der Waals surface area contributed by atoms with Crippen molar-refractivity contribution in [1.82, 2.24) is 4.31 Å². The maximum Gasteiger partial charge on any atom is 0.243 e. The smallest absolute Gasteiger partial charge is 0.243 e. The van der Waals surface area contributed by atoms with Gasteiger partial charge in [0.15, 0.2) is 0 Å². The van der Waals surface area contributed by atoms with Gasteiger partial charge in [-0.2, -0.15) is 4.31 Å². The summed E-state index contributed by atoms with van der Waals surface area (Å²) in [5.74, 6) is -1.54. The van der Waals surface area contributed by atoms with Gasteiger partial charge in [-0.15, -0.1) is 0 Å². The van der Waals surface area contributed by atoms with E-state index in [-0.39, 0.29) is 29.1 Å². The maximum atomic E-state index is 13.5. The molecule has 0 saturated carbocycles. The fourth-order valence-electron chi connectivity index (χ4n) is 2.36. The zero-order valence-electron chi connectivity index (χ0n) is 11.3. The van der Waals surface area contributed by atoms with Gasteiger partial charge in [0, 0.05) is 13.0 Å². The molecule has 2 rings (SSSR count). The molecule has 21 heavy (non-hydrogen) atoms. The minimum absolute atomic E-state index is 0.0653. The molecule has 5 N–H and O–H groups in total. The minimum Gasteiger partial charge on any atom is -0.396 e. The van der Waals surface area contributed by atoms with E-state index in [2.05, 4.69) is 0 Å². The average Bonchev–Trinajstić information content (AvgIpc) is 2.78. The molecule has 0 aliphatic carbocycles. The number of rotatable bonds is 3. The molecule has 7 nitrogen and oxygen atoms in total. The molecule has 1 aromatic carbocycles. The number of carbonyl (C=O) groups is 1. The van der Waals surface area contributed by atoms with Crippen LogP contribution in [0, 0.1) is 12.7 Å². The Morgan fingerprint density at radius 2 is 2.10 bits per heavy atom. The number of hydrogen-bond acceptors (Lipinski definition) is 5. The van der Waals surface area contributed by atoms with E-state index in [1.54, 1.807) is 0 Å². The molecule has 1 heterocycles. The Balaban J connectivity index is 2.49.